The fraction of sp³-hybridized carbons (Fsp3) is 0.889. The number of amides is 1. The third kappa shape index (κ3) is 10.5. The van der Waals surface area contributed by atoms with Gasteiger partial charge in [-0.25, -0.2) is 4.99 Å². The highest BCUT2D eigenvalue weighted by Crippen LogP contribution is 2.40. The van der Waals surface area contributed by atoms with E-state index in [9.17, 15) is 4.79 Å². The van der Waals surface area contributed by atoms with Crippen LogP contribution in [0.3, 0.4) is 0 Å². The minimum absolute atomic E-state index is 0. The van der Waals surface area contributed by atoms with Crippen LogP contribution in [-0.2, 0) is 14.3 Å². The fourth-order valence-corrected chi connectivity index (χ4v) is 3.19. The Kier molecular flexibility index (Phi) is 15.1. The highest BCUT2D eigenvalue weighted by molar-refractivity contribution is 14.0. The third-order valence-corrected chi connectivity index (χ3v) is 4.63. The number of hydrogen-bond acceptors (Lipinski definition) is 4. The number of hydrogen-bond donors (Lipinski definition) is 3. The summed E-state index contributed by atoms with van der Waals surface area (Å²) in [5.74, 6) is 0.605. The first-order valence-electron chi connectivity index (χ1n) is 9.51. The number of nitrogens with zero attached hydrogens (tertiary/aromatic N) is 1. The standard InChI is InChI=1S/C18H36N4O3.HI/c1-4-19-17(21-14-16(23)20-11-13-24-3)22-15-18(8-6-7-9-18)10-12-25-5-2;/h4-15H2,1-3H3,(H,20,23)(H2,19,21,22);1H. The molecule has 8 heteroatoms. The molecule has 0 radical (unpaired) electrons. The lowest BCUT2D eigenvalue weighted by Crippen LogP contribution is -2.44. The van der Waals surface area contributed by atoms with Crippen molar-refractivity contribution in [1.29, 1.82) is 0 Å². The molecule has 0 aromatic heterocycles. The summed E-state index contributed by atoms with van der Waals surface area (Å²) in [4.78, 5) is 16.2. The third-order valence-electron chi connectivity index (χ3n) is 4.63. The van der Waals surface area contributed by atoms with Crippen molar-refractivity contribution in [2.75, 3.05) is 53.1 Å². The number of nitrogens with one attached hydrogen (secondary N) is 3. The van der Waals surface area contributed by atoms with E-state index in [-0.39, 0.29) is 41.8 Å². The van der Waals surface area contributed by atoms with Crippen LogP contribution in [-0.4, -0.2) is 65.0 Å². The number of aliphatic imine (C=N–C) groups is 1. The summed E-state index contributed by atoms with van der Waals surface area (Å²) in [5.41, 5.74) is 0.284. The van der Waals surface area contributed by atoms with Crippen LogP contribution in [0.25, 0.3) is 0 Å². The Balaban J connectivity index is 0.00000625. The molecule has 1 aliphatic carbocycles. The summed E-state index contributed by atoms with van der Waals surface area (Å²) in [7, 11) is 1.61. The lowest BCUT2D eigenvalue weighted by molar-refractivity contribution is -0.119. The summed E-state index contributed by atoms with van der Waals surface area (Å²) in [6.45, 7) is 8.42. The molecule has 0 aromatic rings. The molecule has 1 aliphatic rings. The number of guanidine groups is 1. The smallest absolute Gasteiger partial charge is 0.241 e. The Labute approximate surface area is 175 Å². The largest absolute Gasteiger partial charge is 0.383 e. The number of ether oxygens (including phenoxy) is 2. The Morgan fingerprint density at radius 3 is 2.46 bits per heavy atom. The Morgan fingerprint density at radius 2 is 1.85 bits per heavy atom. The molecule has 0 aliphatic heterocycles. The van der Waals surface area contributed by atoms with E-state index in [2.05, 4.69) is 20.9 Å². The minimum Gasteiger partial charge on any atom is -0.383 e. The Morgan fingerprint density at radius 1 is 1.12 bits per heavy atom. The maximum absolute atomic E-state index is 11.8. The highest BCUT2D eigenvalue weighted by Gasteiger charge is 2.33. The molecule has 0 unspecified atom stereocenters. The summed E-state index contributed by atoms with van der Waals surface area (Å²) in [6, 6.07) is 0. The van der Waals surface area contributed by atoms with Crippen molar-refractivity contribution >= 4 is 35.8 Å². The molecule has 1 rings (SSSR count). The number of methoxy groups -OCH3 is 1. The first kappa shape index (κ1) is 25.4. The maximum atomic E-state index is 11.8. The molecule has 0 spiro atoms. The average molecular weight is 484 g/mol. The molecular formula is C18H37IN4O3. The van der Waals surface area contributed by atoms with Gasteiger partial charge >= 0.3 is 0 Å². The molecule has 0 heterocycles. The van der Waals surface area contributed by atoms with Gasteiger partial charge < -0.3 is 25.4 Å². The van der Waals surface area contributed by atoms with E-state index in [1.54, 1.807) is 7.11 Å². The molecule has 154 valence electrons. The Bertz CT molecular complexity index is 402. The topological polar surface area (TPSA) is 84.0 Å². The molecule has 0 saturated heterocycles. The van der Waals surface area contributed by atoms with Gasteiger partial charge in [0.15, 0.2) is 5.96 Å². The van der Waals surface area contributed by atoms with Crippen LogP contribution in [0, 0.1) is 5.41 Å². The van der Waals surface area contributed by atoms with Gasteiger partial charge in [0.05, 0.1) is 6.61 Å². The van der Waals surface area contributed by atoms with E-state index in [1.807, 2.05) is 13.8 Å². The van der Waals surface area contributed by atoms with Gasteiger partial charge in [-0.3, -0.25) is 4.79 Å². The monoisotopic (exact) mass is 484 g/mol. The number of halogens is 1. The lowest BCUT2D eigenvalue weighted by atomic mass is 9.83. The molecule has 1 saturated carbocycles. The van der Waals surface area contributed by atoms with Gasteiger partial charge in [0.25, 0.3) is 0 Å². The second-order valence-corrected chi connectivity index (χ2v) is 6.55. The maximum Gasteiger partial charge on any atom is 0.241 e. The van der Waals surface area contributed by atoms with Crippen molar-refractivity contribution in [2.45, 2.75) is 46.0 Å². The van der Waals surface area contributed by atoms with E-state index in [0.29, 0.717) is 19.1 Å². The predicted octanol–water partition coefficient (Wildman–Crippen LogP) is 1.91. The normalized spacial score (nSPS) is 16.0. The van der Waals surface area contributed by atoms with Gasteiger partial charge in [-0.1, -0.05) is 12.8 Å². The zero-order valence-corrected chi connectivity index (χ0v) is 18.9. The van der Waals surface area contributed by atoms with E-state index in [4.69, 9.17) is 9.47 Å². The minimum atomic E-state index is -0.0961. The summed E-state index contributed by atoms with van der Waals surface area (Å²) in [6.07, 6.45) is 6.09. The molecule has 3 N–H and O–H groups in total. The van der Waals surface area contributed by atoms with Gasteiger partial charge in [0.1, 0.15) is 6.54 Å². The van der Waals surface area contributed by atoms with E-state index in [1.165, 1.54) is 25.7 Å². The second-order valence-electron chi connectivity index (χ2n) is 6.55. The van der Waals surface area contributed by atoms with Crippen LogP contribution in [0.15, 0.2) is 4.99 Å². The summed E-state index contributed by atoms with van der Waals surface area (Å²) in [5, 5.41) is 9.43. The van der Waals surface area contributed by atoms with Crippen molar-refractivity contribution in [3.63, 3.8) is 0 Å². The predicted molar refractivity (Wildman–Crippen MR) is 116 cm³/mol. The van der Waals surface area contributed by atoms with Crippen LogP contribution in [0.4, 0.5) is 0 Å². The molecule has 0 bridgehead atoms. The van der Waals surface area contributed by atoms with E-state index < -0.39 is 0 Å². The SMILES string of the molecule is CCNC(=NCC(=O)NCCOC)NCC1(CCOCC)CCCC1.I. The van der Waals surface area contributed by atoms with Gasteiger partial charge in [0.2, 0.25) is 5.91 Å². The van der Waals surface area contributed by atoms with Crippen LogP contribution in [0.2, 0.25) is 0 Å². The summed E-state index contributed by atoms with van der Waals surface area (Å²) < 4.78 is 10.5. The first-order valence-corrected chi connectivity index (χ1v) is 9.51. The zero-order chi connectivity index (χ0) is 18.4. The number of carbonyl (C=O) groups excluding carboxylic acids is 1. The first-order chi connectivity index (χ1) is 12.2. The van der Waals surface area contributed by atoms with Crippen LogP contribution in [0.1, 0.15) is 46.0 Å². The van der Waals surface area contributed by atoms with Crippen molar-refractivity contribution in [3.05, 3.63) is 0 Å². The molecule has 26 heavy (non-hydrogen) atoms. The van der Waals surface area contributed by atoms with Crippen LogP contribution in [0.5, 0.6) is 0 Å². The van der Waals surface area contributed by atoms with Crippen molar-refractivity contribution in [1.82, 2.24) is 16.0 Å². The van der Waals surface area contributed by atoms with Crippen LogP contribution < -0.4 is 16.0 Å². The summed E-state index contributed by atoms with van der Waals surface area (Å²) >= 11 is 0. The number of rotatable bonds is 12. The molecule has 0 atom stereocenters. The second kappa shape index (κ2) is 15.4. The number of carbonyl (C=O) groups is 1. The molecule has 1 fully saturated rings. The van der Waals surface area contributed by atoms with Gasteiger partial charge in [-0.05, 0) is 38.5 Å². The average Bonchev–Trinajstić information content (AvgIpc) is 3.07. The fourth-order valence-electron chi connectivity index (χ4n) is 3.19. The van der Waals surface area contributed by atoms with Gasteiger partial charge in [-0.2, -0.15) is 0 Å². The quantitative estimate of drug-likeness (QED) is 0.171. The van der Waals surface area contributed by atoms with Crippen LogP contribution >= 0.6 is 24.0 Å². The molecule has 0 aromatic carbocycles. The van der Waals surface area contributed by atoms with Gasteiger partial charge in [0, 0.05) is 40.0 Å². The molecule has 7 nitrogen and oxygen atoms in total. The van der Waals surface area contributed by atoms with Crippen molar-refractivity contribution < 1.29 is 14.3 Å². The zero-order valence-electron chi connectivity index (χ0n) is 16.6. The molecule has 1 amide bonds. The highest BCUT2D eigenvalue weighted by atomic mass is 127. The Hall–Kier alpha value is -0.610. The molecular weight excluding hydrogens is 447 g/mol. The lowest BCUT2D eigenvalue weighted by Gasteiger charge is -2.30. The van der Waals surface area contributed by atoms with E-state index >= 15 is 0 Å². The van der Waals surface area contributed by atoms with Crippen molar-refractivity contribution in [3.8, 4) is 0 Å². The van der Waals surface area contributed by atoms with E-state index in [0.717, 1.165) is 32.7 Å². The van der Waals surface area contributed by atoms with Gasteiger partial charge in [-0.15, -0.1) is 24.0 Å². The van der Waals surface area contributed by atoms with Crippen molar-refractivity contribution in [2.24, 2.45) is 10.4 Å².